The molecule has 0 aliphatic carbocycles. The predicted molar refractivity (Wildman–Crippen MR) is 142 cm³/mol. The molecule has 0 atom stereocenters. The van der Waals surface area contributed by atoms with Crippen LogP contribution in [0.3, 0.4) is 0 Å². The van der Waals surface area contributed by atoms with Crippen molar-refractivity contribution in [1.82, 2.24) is 4.57 Å². The van der Waals surface area contributed by atoms with Crippen LogP contribution in [0.4, 0.5) is 4.39 Å². The van der Waals surface area contributed by atoms with Gasteiger partial charge in [0.25, 0.3) is 11.5 Å². The van der Waals surface area contributed by atoms with Gasteiger partial charge in [0, 0.05) is 24.4 Å². The van der Waals surface area contributed by atoms with Crippen molar-refractivity contribution in [2.24, 2.45) is 12.8 Å². The van der Waals surface area contributed by atoms with Crippen LogP contribution < -0.4 is 16.0 Å². The Morgan fingerprint density at radius 2 is 1.81 bits per heavy atom. The largest absolute Gasteiger partial charge is 0.456 e. The number of aromatic nitrogens is 1. The lowest BCUT2D eigenvalue weighted by Crippen LogP contribution is -2.18. The van der Waals surface area contributed by atoms with Crippen LogP contribution in [0, 0.1) is 19.7 Å². The number of thiophene rings is 1. The molecule has 36 heavy (non-hydrogen) atoms. The third-order valence-corrected chi connectivity index (χ3v) is 7.58. The molecule has 0 saturated heterocycles. The van der Waals surface area contributed by atoms with E-state index >= 15 is 0 Å². The van der Waals surface area contributed by atoms with Crippen molar-refractivity contribution in [2.75, 3.05) is 0 Å². The van der Waals surface area contributed by atoms with Gasteiger partial charge in [-0.15, -0.1) is 11.3 Å². The first-order valence-electron chi connectivity index (χ1n) is 11.6. The van der Waals surface area contributed by atoms with Crippen molar-refractivity contribution in [2.45, 2.75) is 46.6 Å². The van der Waals surface area contributed by atoms with Crippen molar-refractivity contribution in [3.8, 4) is 22.6 Å². The summed E-state index contributed by atoms with van der Waals surface area (Å²) in [5.41, 5.74) is 8.12. The number of primary amides is 1. The van der Waals surface area contributed by atoms with Gasteiger partial charge in [0.2, 0.25) is 0 Å². The minimum Gasteiger partial charge on any atom is -0.456 e. The lowest BCUT2D eigenvalue weighted by atomic mass is 9.93. The molecular weight excluding hydrogens is 479 g/mol. The maximum atomic E-state index is 13.9. The van der Waals surface area contributed by atoms with E-state index in [4.69, 9.17) is 10.5 Å². The lowest BCUT2D eigenvalue weighted by Gasteiger charge is -2.22. The third-order valence-electron chi connectivity index (χ3n) is 6.30. The number of fused-ring (bicyclic) bond motifs is 1. The number of hydrogen-bond donors (Lipinski definition) is 2. The van der Waals surface area contributed by atoms with E-state index in [1.54, 1.807) is 53.1 Å². The van der Waals surface area contributed by atoms with Crippen molar-refractivity contribution in [3.05, 3.63) is 79.8 Å². The van der Waals surface area contributed by atoms with Crippen LogP contribution in [0.1, 0.15) is 52.7 Å². The molecule has 2 aromatic carbocycles. The summed E-state index contributed by atoms with van der Waals surface area (Å²) >= 11 is 1.18. The number of benzene rings is 2. The van der Waals surface area contributed by atoms with Crippen LogP contribution in [0.15, 0.2) is 41.3 Å². The van der Waals surface area contributed by atoms with Crippen molar-refractivity contribution < 1.29 is 19.0 Å². The highest BCUT2D eigenvalue weighted by molar-refractivity contribution is 7.21. The Bertz CT molecular complexity index is 1550. The van der Waals surface area contributed by atoms with Gasteiger partial charge in [0.1, 0.15) is 17.3 Å². The Balaban J connectivity index is 2.07. The van der Waals surface area contributed by atoms with Crippen molar-refractivity contribution in [1.29, 1.82) is 0 Å². The molecule has 0 saturated carbocycles. The second-order valence-corrected chi connectivity index (χ2v) is 10.6. The zero-order chi connectivity index (χ0) is 26.5. The molecule has 188 valence electrons. The highest BCUT2D eigenvalue weighted by Crippen LogP contribution is 2.43. The lowest BCUT2D eigenvalue weighted by molar-refractivity contribution is 0.0786. The Kier molecular flexibility index (Phi) is 6.53. The molecule has 0 aliphatic rings. The van der Waals surface area contributed by atoms with Crippen LogP contribution in [-0.2, 0) is 19.1 Å². The molecule has 4 rings (SSSR count). The number of pyridine rings is 1. The number of ether oxygens (including phenoxy) is 1. The molecule has 2 heterocycles. The average Bonchev–Trinajstić information content (AvgIpc) is 3.18. The van der Waals surface area contributed by atoms with Crippen LogP contribution in [0.5, 0.6) is 11.5 Å². The second-order valence-electron chi connectivity index (χ2n) is 9.53. The Morgan fingerprint density at radius 1 is 1.17 bits per heavy atom. The van der Waals surface area contributed by atoms with Crippen molar-refractivity contribution in [3.63, 3.8) is 0 Å². The first-order chi connectivity index (χ1) is 16.8. The third kappa shape index (κ3) is 4.42. The number of nitrogens with two attached hydrogens (primary N) is 1. The standard InChI is InChI=1S/C28H29FN2O4S/c1-7-18-22-24(36-25(18)26(30)32)20(13-31(6)27(22)33)19-12-16(28(4,5)34)8-9-21(19)35-23-14(2)10-17(29)11-15(23)3/h8-13,34H,7H2,1-6H3,(H2,30,32). The zero-order valence-corrected chi connectivity index (χ0v) is 22.0. The molecule has 3 N–H and O–H groups in total. The number of nitrogens with zero attached hydrogens (tertiary/aromatic N) is 1. The molecule has 2 aromatic heterocycles. The van der Waals surface area contributed by atoms with E-state index in [1.165, 1.54) is 28.0 Å². The van der Waals surface area contributed by atoms with E-state index in [1.807, 2.05) is 13.0 Å². The maximum absolute atomic E-state index is 13.9. The first-order valence-corrected chi connectivity index (χ1v) is 12.4. The topological polar surface area (TPSA) is 94.6 Å². The molecule has 0 bridgehead atoms. The number of carbonyl (C=O) groups is 1. The van der Waals surface area contributed by atoms with E-state index in [0.29, 0.717) is 66.3 Å². The Labute approximate surface area is 212 Å². The fourth-order valence-electron chi connectivity index (χ4n) is 4.47. The summed E-state index contributed by atoms with van der Waals surface area (Å²) in [6.45, 7) is 8.79. The van der Waals surface area contributed by atoms with E-state index in [2.05, 4.69) is 0 Å². The van der Waals surface area contributed by atoms with E-state index in [0.717, 1.165) is 0 Å². The molecule has 0 radical (unpaired) electrons. The molecule has 8 heteroatoms. The monoisotopic (exact) mass is 508 g/mol. The van der Waals surface area contributed by atoms with Crippen LogP contribution in [0.2, 0.25) is 0 Å². The summed E-state index contributed by atoms with van der Waals surface area (Å²) in [7, 11) is 1.65. The molecule has 0 aliphatic heterocycles. The summed E-state index contributed by atoms with van der Waals surface area (Å²) in [5.74, 6) is 0.0560. The van der Waals surface area contributed by atoms with Gasteiger partial charge < -0.3 is 20.1 Å². The Hall–Kier alpha value is -3.49. The highest BCUT2D eigenvalue weighted by Gasteiger charge is 2.25. The summed E-state index contributed by atoms with van der Waals surface area (Å²) in [5, 5.41) is 11.2. The normalized spacial score (nSPS) is 11.8. The fourth-order valence-corrected chi connectivity index (χ4v) is 5.73. The smallest absolute Gasteiger partial charge is 0.259 e. The molecule has 0 fully saturated rings. The second kappa shape index (κ2) is 9.19. The van der Waals surface area contributed by atoms with Gasteiger partial charge in [-0.3, -0.25) is 9.59 Å². The predicted octanol–water partition coefficient (Wildman–Crippen LogP) is 5.70. The van der Waals surface area contributed by atoms with Gasteiger partial charge in [0.05, 0.1) is 20.6 Å². The van der Waals surface area contributed by atoms with Gasteiger partial charge in [-0.1, -0.05) is 13.0 Å². The fraction of sp³-hybridized carbons (Fsp3) is 0.286. The minimum atomic E-state index is -1.14. The van der Waals surface area contributed by atoms with Crippen molar-refractivity contribution >= 4 is 27.3 Å². The van der Waals surface area contributed by atoms with Gasteiger partial charge in [-0.05, 0) is 80.6 Å². The number of aliphatic hydroxyl groups is 1. The summed E-state index contributed by atoms with van der Waals surface area (Å²) in [6, 6.07) is 8.16. The van der Waals surface area contributed by atoms with Gasteiger partial charge in [-0.2, -0.15) is 0 Å². The minimum absolute atomic E-state index is 0.222. The average molecular weight is 509 g/mol. The van der Waals surface area contributed by atoms with Gasteiger partial charge >= 0.3 is 0 Å². The summed E-state index contributed by atoms with van der Waals surface area (Å²) in [4.78, 5) is 25.7. The number of carbonyl (C=O) groups excluding carboxylic acids is 1. The van der Waals surface area contributed by atoms with Crippen LogP contribution in [0.25, 0.3) is 21.2 Å². The van der Waals surface area contributed by atoms with E-state index in [-0.39, 0.29) is 11.4 Å². The maximum Gasteiger partial charge on any atom is 0.259 e. The van der Waals surface area contributed by atoms with Crippen LogP contribution >= 0.6 is 11.3 Å². The number of hydrogen-bond acceptors (Lipinski definition) is 5. The molecule has 0 unspecified atom stereocenters. The van der Waals surface area contributed by atoms with E-state index in [9.17, 15) is 19.1 Å². The SMILES string of the molecule is CCc1c(C(N)=O)sc2c(-c3cc(C(C)(C)O)ccc3Oc3c(C)cc(F)cc3C)cn(C)c(=O)c12. The summed E-state index contributed by atoms with van der Waals surface area (Å²) in [6.07, 6.45) is 2.17. The van der Waals surface area contributed by atoms with Gasteiger partial charge in [0.15, 0.2) is 0 Å². The molecule has 4 aromatic rings. The number of amides is 1. The number of rotatable bonds is 6. The molecule has 0 spiro atoms. The molecule has 6 nitrogen and oxygen atoms in total. The van der Waals surface area contributed by atoms with Crippen LogP contribution in [-0.4, -0.2) is 15.6 Å². The first kappa shape index (κ1) is 25.6. The summed E-state index contributed by atoms with van der Waals surface area (Å²) < 4.78 is 22.4. The molecule has 1 amide bonds. The van der Waals surface area contributed by atoms with E-state index < -0.39 is 11.5 Å². The van der Waals surface area contributed by atoms with Gasteiger partial charge in [-0.25, -0.2) is 4.39 Å². The molecular formula is C28H29FN2O4S. The number of aryl methyl sites for hydroxylation is 4. The quantitative estimate of drug-likeness (QED) is 0.349. The zero-order valence-electron chi connectivity index (χ0n) is 21.2. The highest BCUT2D eigenvalue weighted by atomic mass is 32.1. The Morgan fingerprint density at radius 3 is 2.36 bits per heavy atom. The number of halogens is 1.